The van der Waals surface area contributed by atoms with Gasteiger partial charge < -0.3 is 25.2 Å². The van der Waals surface area contributed by atoms with Crippen LogP contribution in [0.5, 0.6) is 11.5 Å². The molecular formula is C27H27N3O6S2. The van der Waals surface area contributed by atoms with Crippen LogP contribution in [0.1, 0.15) is 12.8 Å². The van der Waals surface area contributed by atoms with E-state index >= 15 is 0 Å². The average Bonchev–Trinajstić information content (AvgIpc) is 3.40. The number of carbonyl (C=O) groups excluding carboxylic acids is 2. The third kappa shape index (κ3) is 6.73. The molecule has 1 heterocycles. The molecule has 2 unspecified atom stereocenters. The maximum Gasteiger partial charge on any atom is 0.307 e. The minimum Gasteiger partial charge on any atom is -0.493 e. The molecule has 9 nitrogen and oxygen atoms in total. The first-order chi connectivity index (χ1) is 18.4. The molecule has 2 atom stereocenters. The van der Waals surface area contributed by atoms with Crippen molar-refractivity contribution in [1.29, 1.82) is 0 Å². The van der Waals surface area contributed by atoms with Gasteiger partial charge in [-0.05, 0) is 49.2 Å². The number of allylic oxidation sites excluding steroid dienone is 2. The Labute approximate surface area is 228 Å². The number of benzene rings is 2. The minimum atomic E-state index is -0.971. The Morgan fingerprint density at radius 3 is 2.53 bits per heavy atom. The van der Waals surface area contributed by atoms with E-state index in [1.54, 1.807) is 44.6 Å². The molecule has 198 valence electrons. The van der Waals surface area contributed by atoms with Crippen molar-refractivity contribution in [2.45, 2.75) is 17.7 Å². The topological polar surface area (TPSA) is 127 Å². The summed E-state index contributed by atoms with van der Waals surface area (Å²) in [6.07, 6.45) is 4.37. The van der Waals surface area contributed by atoms with Crippen LogP contribution < -0.4 is 20.1 Å². The first-order valence-electron chi connectivity index (χ1n) is 11.8. The number of anilines is 2. The fourth-order valence-corrected chi connectivity index (χ4v) is 5.53. The van der Waals surface area contributed by atoms with Crippen LogP contribution in [0.25, 0.3) is 11.3 Å². The van der Waals surface area contributed by atoms with E-state index in [2.05, 4.69) is 15.6 Å². The second-order valence-electron chi connectivity index (χ2n) is 8.46. The smallest absolute Gasteiger partial charge is 0.307 e. The highest BCUT2D eigenvalue weighted by Gasteiger charge is 2.34. The summed E-state index contributed by atoms with van der Waals surface area (Å²) >= 11 is 2.64. The van der Waals surface area contributed by atoms with Crippen molar-refractivity contribution < 1.29 is 29.0 Å². The van der Waals surface area contributed by atoms with Gasteiger partial charge in [-0.15, -0.1) is 23.1 Å². The standard InChI is InChI=1S/C27H27N3O6S2/c1-35-22-11-10-16(12-23(22)36-2)21-14-38-27(29-21)30-24(31)15-37-18-7-5-6-17(13-18)28-25(32)19-8-3-4-9-20(19)26(33)34/h3-7,10-14,19-20H,8-9,15H2,1-2H3,(H,28,32)(H,33,34)(H,29,30,31). The normalized spacial score (nSPS) is 16.5. The van der Waals surface area contributed by atoms with Crippen LogP contribution in [0.15, 0.2) is 64.9 Å². The van der Waals surface area contributed by atoms with E-state index in [9.17, 15) is 19.5 Å². The lowest BCUT2D eigenvalue weighted by Crippen LogP contribution is -2.34. The number of aromatic nitrogens is 1. The lowest BCUT2D eigenvalue weighted by Gasteiger charge is -2.24. The third-order valence-electron chi connectivity index (χ3n) is 5.99. The molecule has 1 aliphatic rings. The van der Waals surface area contributed by atoms with Gasteiger partial charge in [0.2, 0.25) is 11.8 Å². The zero-order valence-electron chi connectivity index (χ0n) is 20.8. The van der Waals surface area contributed by atoms with Crippen LogP contribution >= 0.6 is 23.1 Å². The molecule has 3 N–H and O–H groups in total. The molecule has 0 radical (unpaired) electrons. The van der Waals surface area contributed by atoms with E-state index in [-0.39, 0.29) is 17.6 Å². The Balaban J connectivity index is 1.32. The summed E-state index contributed by atoms with van der Waals surface area (Å²) in [7, 11) is 3.14. The highest BCUT2D eigenvalue weighted by atomic mass is 32.2. The van der Waals surface area contributed by atoms with Gasteiger partial charge >= 0.3 is 5.97 Å². The van der Waals surface area contributed by atoms with E-state index in [0.29, 0.717) is 40.9 Å². The van der Waals surface area contributed by atoms with Gasteiger partial charge in [0, 0.05) is 21.5 Å². The highest BCUT2D eigenvalue weighted by Crippen LogP contribution is 2.34. The number of nitrogens with one attached hydrogen (secondary N) is 2. The Hall–Kier alpha value is -3.83. The molecule has 38 heavy (non-hydrogen) atoms. The van der Waals surface area contributed by atoms with Crippen molar-refractivity contribution in [2.24, 2.45) is 11.8 Å². The Morgan fingerprint density at radius 1 is 1.03 bits per heavy atom. The summed E-state index contributed by atoms with van der Waals surface area (Å²) in [6.45, 7) is 0. The molecule has 2 amide bonds. The summed E-state index contributed by atoms with van der Waals surface area (Å²) in [6, 6.07) is 12.6. The first kappa shape index (κ1) is 27.2. The number of carboxylic acids is 1. The van der Waals surface area contributed by atoms with E-state index in [0.717, 1.165) is 10.5 Å². The van der Waals surface area contributed by atoms with Crippen LogP contribution in [0.4, 0.5) is 10.8 Å². The number of nitrogens with zero attached hydrogens (tertiary/aromatic N) is 1. The number of carboxylic acid groups (broad SMARTS) is 1. The van der Waals surface area contributed by atoms with Gasteiger partial charge in [-0.25, -0.2) is 4.98 Å². The summed E-state index contributed by atoms with van der Waals surface area (Å²) in [5, 5.41) is 17.4. The van der Waals surface area contributed by atoms with Gasteiger partial charge in [-0.3, -0.25) is 14.4 Å². The number of rotatable bonds is 10. The molecule has 0 bridgehead atoms. The molecule has 1 aliphatic carbocycles. The van der Waals surface area contributed by atoms with Crippen LogP contribution in [-0.4, -0.2) is 47.8 Å². The summed E-state index contributed by atoms with van der Waals surface area (Å²) in [4.78, 5) is 42.1. The fourth-order valence-electron chi connectivity index (χ4n) is 4.04. The van der Waals surface area contributed by atoms with E-state index in [4.69, 9.17) is 9.47 Å². The maximum absolute atomic E-state index is 12.7. The van der Waals surface area contributed by atoms with Crippen molar-refractivity contribution in [2.75, 3.05) is 30.6 Å². The third-order valence-corrected chi connectivity index (χ3v) is 7.74. The fraction of sp³-hybridized carbons (Fsp3) is 0.259. The zero-order valence-corrected chi connectivity index (χ0v) is 22.4. The number of thiazole rings is 1. The number of ether oxygens (including phenoxy) is 2. The Bertz CT molecular complexity index is 1360. The molecule has 3 aromatic rings. The molecular weight excluding hydrogens is 526 g/mol. The maximum atomic E-state index is 12.7. The van der Waals surface area contributed by atoms with E-state index < -0.39 is 17.8 Å². The number of hydrogen-bond donors (Lipinski definition) is 3. The number of amides is 2. The van der Waals surface area contributed by atoms with Crippen molar-refractivity contribution >= 4 is 51.7 Å². The molecule has 4 rings (SSSR count). The Morgan fingerprint density at radius 2 is 1.79 bits per heavy atom. The lowest BCUT2D eigenvalue weighted by atomic mass is 9.82. The summed E-state index contributed by atoms with van der Waals surface area (Å²) in [5.74, 6) is -1.50. The van der Waals surface area contributed by atoms with Gasteiger partial charge in [0.15, 0.2) is 16.6 Å². The van der Waals surface area contributed by atoms with Gasteiger partial charge in [0.1, 0.15) is 0 Å². The van der Waals surface area contributed by atoms with Crippen LogP contribution in [0.3, 0.4) is 0 Å². The van der Waals surface area contributed by atoms with E-state index in [1.807, 2.05) is 29.7 Å². The first-order valence-corrected chi connectivity index (χ1v) is 13.6. The minimum absolute atomic E-state index is 0.150. The molecule has 0 spiro atoms. The number of carbonyl (C=O) groups is 3. The quantitative estimate of drug-likeness (QED) is 0.232. The average molecular weight is 554 g/mol. The monoisotopic (exact) mass is 553 g/mol. The summed E-state index contributed by atoms with van der Waals surface area (Å²) in [5.41, 5.74) is 2.10. The molecule has 1 aromatic heterocycles. The zero-order chi connectivity index (χ0) is 27.1. The largest absolute Gasteiger partial charge is 0.493 e. The van der Waals surface area contributed by atoms with Crippen LogP contribution in [0, 0.1) is 11.8 Å². The highest BCUT2D eigenvalue weighted by molar-refractivity contribution is 8.00. The van der Waals surface area contributed by atoms with Gasteiger partial charge in [-0.1, -0.05) is 18.2 Å². The van der Waals surface area contributed by atoms with Crippen LogP contribution in [0.2, 0.25) is 0 Å². The van der Waals surface area contributed by atoms with Gasteiger partial charge in [0.25, 0.3) is 0 Å². The van der Waals surface area contributed by atoms with Gasteiger partial charge in [0.05, 0.1) is 37.5 Å². The van der Waals surface area contributed by atoms with Crippen molar-refractivity contribution in [3.8, 4) is 22.8 Å². The van der Waals surface area contributed by atoms with Crippen LogP contribution in [-0.2, 0) is 14.4 Å². The second-order valence-corrected chi connectivity index (χ2v) is 10.4. The SMILES string of the molecule is COc1ccc(-c2csc(NC(=O)CSc3cccc(NC(=O)C4CC=CCC4C(=O)O)c3)n2)cc1OC. The summed E-state index contributed by atoms with van der Waals surface area (Å²) < 4.78 is 10.6. The number of methoxy groups -OCH3 is 2. The number of thioether (sulfide) groups is 1. The van der Waals surface area contributed by atoms with Crippen molar-refractivity contribution in [3.63, 3.8) is 0 Å². The lowest BCUT2D eigenvalue weighted by molar-refractivity contribution is -0.146. The predicted molar refractivity (Wildman–Crippen MR) is 148 cm³/mol. The van der Waals surface area contributed by atoms with Crippen molar-refractivity contribution in [1.82, 2.24) is 4.98 Å². The predicted octanol–water partition coefficient (Wildman–Crippen LogP) is 5.16. The molecule has 11 heteroatoms. The second kappa shape index (κ2) is 12.6. The molecule has 2 aromatic carbocycles. The molecule has 0 saturated carbocycles. The molecule has 0 fully saturated rings. The van der Waals surface area contributed by atoms with E-state index in [1.165, 1.54) is 23.1 Å². The van der Waals surface area contributed by atoms with Gasteiger partial charge in [-0.2, -0.15) is 0 Å². The Kier molecular flexibility index (Phi) is 9.03. The van der Waals surface area contributed by atoms with Crippen molar-refractivity contribution in [3.05, 3.63) is 60.0 Å². The molecule has 0 aliphatic heterocycles. The number of hydrogen-bond acceptors (Lipinski definition) is 8. The molecule has 0 saturated heterocycles. The number of aliphatic carboxylic acids is 1.